The van der Waals surface area contributed by atoms with E-state index in [1.807, 2.05) is 30.3 Å². The van der Waals surface area contributed by atoms with Crippen LogP contribution in [0.2, 0.25) is 0 Å². The Labute approximate surface area is 192 Å². The maximum atomic E-state index is 12.1. The number of fused-ring (bicyclic) bond motifs is 1. The number of ether oxygens (including phenoxy) is 2. The van der Waals surface area contributed by atoms with Gasteiger partial charge in [-0.2, -0.15) is 0 Å². The van der Waals surface area contributed by atoms with Crippen LogP contribution in [0.25, 0.3) is 20.8 Å². The van der Waals surface area contributed by atoms with Crippen LogP contribution in [0.1, 0.15) is 12.8 Å². The first-order chi connectivity index (χ1) is 15.1. The van der Waals surface area contributed by atoms with Crippen molar-refractivity contribution in [3.63, 3.8) is 0 Å². The molecule has 1 aliphatic rings. The quantitative estimate of drug-likeness (QED) is 0.376. The molecule has 1 aliphatic heterocycles. The zero-order valence-electron chi connectivity index (χ0n) is 16.7. The number of rotatable bonds is 7. The van der Waals surface area contributed by atoms with Crippen LogP contribution in [-0.4, -0.2) is 49.3 Å². The first-order valence-corrected chi connectivity index (χ1v) is 11.6. The molecule has 1 atom stereocenters. The molecule has 3 aromatic rings. The molecule has 0 bridgehead atoms. The van der Waals surface area contributed by atoms with Crippen LogP contribution < -0.4 is 10.6 Å². The maximum absolute atomic E-state index is 12.1. The SMILES string of the molecule is O=C(NCCCOC1CCOC1)C(=O)Nc1ccc(-c2nc3cc(Br)ccc3s2)cc1. The van der Waals surface area contributed by atoms with Crippen LogP contribution in [-0.2, 0) is 19.1 Å². The average Bonchev–Trinajstić information content (AvgIpc) is 3.43. The van der Waals surface area contributed by atoms with Gasteiger partial charge in [-0.15, -0.1) is 11.3 Å². The van der Waals surface area contributed by atoms with Crippen molar-refractivity contribution in [2.75, 3.05) is 31.7 Å². The molecule has 1 fully saturated rings. The number of aromatic nitrogens is 1. The lowest BCUT2D eigenvalue weighted by molar-refractivity contribution is -0.136. The largest absolute Gasteiger partial charge is 0.379 e. The van der Waals surface area contributed by atoms with Gasteiger partial charge in [0.05, 0.1) is 22.9 Å². The number of carbonyl (C=O) groups is 2. The summed E-state index contributed by atoms with van der Waals surface area (Å²) in [5.74, 6) is -1.35. The van der Waals surface area contributed by atoms with Gasteiger partial charge in [0.15, 0.2) is 0 Å². The third-order valence-electron chi connectivity index (χ3n) is 4.79. The van der Waals surface area contributed by atoms with Crippen LogP contribution in [0.5, 0.6) is 0 Å². The number of amides is 2. The summed E-state index contributed by atoms with van der Waals surface area (Å²) in [7, 11) is 0. The number of hydrogen-bond donors (Lipinski definition) is 2. The Morgan fingerprint density at radius 2 is 2.03 bits per heavy atom. The third kappa shape index (κ3) is 5.88. The van der Waals surface area contributed by atoms with Gasteiger partial charge in [0.25, 0.3) is 0 Å². The molecule has 0 radical (unpaired) electrons. The number of carbonyl (C=O) groups excluding carboxylic acids is 2. The monoisotopic (exact) mass is 503 g/mol. The van der Waals surface area contributed by atoms with Gasteiger partial charge in [-0.3, -0.25) is 9.59 Å². The summed E-state index contributed by atoms with van der Waals surface area (Å²) in [6.07, 6.45) is 1.69. The molecule has 2 amide bonds. The van der Waals surface area contributed by atoms with Gasteiger partial charge in [-0.05, 0) is 55.3 Å². The van der Waals surface area contributed by atoms with E-state index in [1.165, 1.54) is 0 Å². The molecule has 31 heavy (non-hydrogen) atoms. The molecule has 162 valence electrons. The Kier molecular flexibility index (Phi) is 7.29. The van der Waals surface area contributed by atoms with Gasteiger partial charge in [0.2, 0.25) is 0 Å². The summed E-state index contributed by atoms with van der Waals surface area (Å²) in [4.78, 5) is 28.7. The molecule has 0 spiro atoms. The molecule has 2 N–H and O–H groups in total. The molecule has 1 aromatic heterocycles. The highest BCUT2D eigenvalue weighted by Gasteiger charge is 2.16. The Bertz CT molecular complexity index is 1060. The zero-order valence-corrected chi connectivity index (χ0v) is 19.1. The lowest BCUT2D eigenvalue weighted by Gasteiger charge is -2.10. The van der Waals surface area contributed by atoms with Crippen molar-refractivity contribution in [3.05, 3.63) is 46.9 Å². The van der Waals surface area contributed by atoms with E-state index in [4.69, 9.17) is 9.47 Å². The van der Waals surface area contributed by atoms with Crippen molar-refractivity contribution in [1.29, 1.82) is 0 Å². The number of anilines is 1. The lowest BCUT2D eigenvalue weighted by Crippen LogP contribution is -2.36. The van der Waals surface area contributed by atoms with E-state index in [0.29, 0.717) is 31.9 Å². The van der Waals surface area contributed by atoms with Crippen LogP contribution in [0.3, 0.4) is 0 Å². The second-order valence-electron chi connectivity index (χ2n) is 7.13. The highest BCUT2D eigenvalue weighted by atomic mass is 79.9. The summed E-state index contributed by atoms with van der Waals surface area (Å²) in [5.41, 5.74) is 2.44. The minimum atomic E-state index is -0.692. The number of benzene rings is 2. The van der Waals surface area contributed by atoms with E-state index < -0.39 is 11.8 Å². The minimum absolute atomic E-state index is 0.145. The van der Waals surface area contributed by atoms with E-state index >= 15 is 0 Å². The smallest absolute Gasteiger partial charge is 0.313 e. The number of nitrogens with one attached hydrogen (secondary N) is 2. The predicted octanol–water partition coefficient (Wildman–Crippen LogP) is 3.98. The molecule has 1 saturated heterocycles. The topological polar surface area (TPSA) is 89.5 Å². The first-order valence-electron chi connectivity index (χ1n) is 10.0. The van der Waals surface area contributed by atoms with E-state index in [0.717, 1.165) is 38.3 Å². The molecule has 9 heteroatoms. The van der Waals surface area contributed by atoms with Crippen molar-refractivity contribution in [1.82, 2.24) is 10.3 Å². The van der Waals surface area contributed by atoms with Crippen molar-refractivity contribution in [2.24, 2.45) is 0 Å². The lowest BCUT2D eigenvalue weighted by atomic mass is 10.2. The second-order valence-corrected chi connectivity index (χ2v) is 9.07. The fourth-order valence-corrected chi connectivity index (χ4v) is 4.46. The normalized spacial score (nSPS) is 15.8. The van der Waals surface area contributed by atoms with Crippen LogP contribution in [0.15, 0.2) is 46.9 Å². The molecular formula is C22H22BrN3O4S. The summed E-state index contributed by atoms with van der Waals surface area (Å²) in [6, 6.07) is 13.3. The molecule has 7 nitrogen and oxygen atoms in total. The summed E-state index contributed by atoms with van der Waals surface area (Å²) in [5, 5.41) is 6.13. The molecule has 4 rings (SSSR count). The molecule has 2 aromatic carbocycles. The average molecular weight is 504 g/mol. The number of hydrogen-bond acceptors (Lipinski definition) is 6. The number of thiazole rings is 1. The molecule has 0 saturated carbocycles. The molecular weight excluding hydrogens is 482 g/mol. The second kappa shape index (κ2) is 10.3. The van der Waals surface area contributed by atoms with Gasteiger partial charge in [-0.1, -0.05) is 15.9 Å². The van der Waals surface area contributed by atoms with Gasteiger partial charge in [0.1, 0.15) is 5.01 Å². The predicted molar refractivity (Wildman–Crippen MR) is 124 cm³/mol. The minimum Gasteiger partial charge on any atom is -0.379 e. The number of nitrogens with zero attached hydrogens (tertiary/aromatic N) is 1. The molecule has 1 unspecified atom stereocenters. The fraction of sp³-hybridized carbons (Fsp3) is 0.318. The standard InChI is InChI=1S/C22H22BrN3O4S/c23-15-4-7-19-18(12-15)26-22(31-19)14-2-5-16(6-3-14)25-21(28)20(27)24-9-1-10-30-17-8-11-29-13-17/h2-7,12,17H,1,8-11,13H2,(H,24,27)(H,25,28). The molecule has 0 aliphatic carbocycles. The van der Waals surface area contributed by atoms with Crippen molar-refractivity contribution >= 4 is 55.0 Å². The Morgan fingerprint density at radius 1 is 1.19 bits per heavy atom. The molecule has 2 heterocycles. The van der Waals surface area contributed by atoms with Gasteiger partial charge in [0, 0.05) is 35.5 Å². The summed E-state index contributed by atoms with van der Waals surface area (Å²) < 4.78 is 13.0. The number of halogens is 1. The van der Waals surface area contributed by atoms with E-state index in [-0.39, 0.29) is 6.10 Å². The van der Waals surface area contributed by atoms with Gasteiger partial charge >= 0.3 is 11.8 Å². The van der Waals surface area contributed by atoms with Gasteiger partial charge < -0.3 is 20.1 Å². The van der Waals surface area contributed by atoms with Crippen molar-refractivity contribution < 1.29 is 19.1 Å². The van der Waals surface area contributed by atoms with E-state index in [2.05, 4.69) is 31.5 Å². The van der Waals surface area contributed by atoms with Gasteiger partial charge in [-0.25, -0.2) is 4.98 Å². The highest BCUT2D eigenvalue weighted by molar-refractivity contribution is 9.10. The Hall–Kier alpha value is -2.33. The maximum Gasteiger partial charge on any atom is 0.313 e. The Morgan fingerprint density at radius 3 is 2.81 bits per heavy atom. The van der Waals surface area contributed by atoms with E-state index in [9.17, 15) is 9.59 Å². The van der Waals surface area contributed by atoms with Crippen LogP contribution >= 0.6 is 27.3 Å². The first kappa shape index (κ1) is 21.9. The summed E-state index contributed by atoms with van der Waals surface area (Å²) >= 11 is 5.06. The summed E-state index contributed by atoms with van der Waals surface area (Å²) in [6.45, 7) is 2.28. The van der Waals surface area contributed by atoms with Crippen molar-refractivity contribution in [3.8, 4) is 10.6 Å². The zero-order chi connectivity index (χ0) is 21.6. The van der Waals surface area contributed by atoms with Crippen molar-refractivity contribution in [2.45, 2.75) is 18.9 Å². The van der Waals surface area contributed by atoms with Crippen LogP contribution in [0, 0.1) is 0 Å². The van der Waals surface area contributed by atoms with E-state index in [1.54, 1.807) is 23.5 Å². The third-order valence-corrected chi connectivity index (χ3v) is 6.37. The fourth-order valence-electron chi connectivity index (χ4n) is 3.16. The van der Waals surface area contributed by atoms with Crippen LogP contribution in [0.4, 0.5) is 5.69 Å². The highest BCUT2D eigenvalue weighted by Crippen LogP contribution is 2.32. The Balaban J connectivity index is 1.24.